The van der Waals surface area contributed by atoms with Gasteiger partial charge in [0.05, 0.1) is 0 Å². The summed E-state index contributed by atoms with van der Waals surface area (Å²) in [5.74, 6) is -0.434. The lowest BCUT2D eigenvalue weighted by molar-refractivity contribution is -0.137. The Balaban J connectivity index is 1.75. The number of carbonyl (C=O) groups is 2. The normalized spacial score (nSPS) is 14.7. The van der Waals surface area contributed by atoms with Crippen LogP contribution < -0.4 is 0 Å². The van der Waals surface area contributed by atoms with Gasteiger partial charge in [-0.25, -0.2) is 0 Å². The fraction of sp³-hybridized carbons (Fsp3) is 0.548. The van der Waals surface area contributed by atoms with Gasteiger partial charge >= 0.3 is 5.97 Å². The second-order valence-electron chi connectivity index (χ2n) is 10.5. The van der Waals surface area contributed by atoms with Crippen LogP contribution in [0.5, 0.6) is 0 Å². The minimum absolute atomic E-state index is 0.0326. The van der Waals surface area contributed by atoms with Gasteiger partial charge in [-0.15, -0.1) is 0 Å². The Labute approximate surface area is 211 Å². The van der Waals surface area contributed by atoms with E-state index in [1.807, 2.05) is 24.3 Å². The molecular formula is C31H44O4. The fourth-order valence-corrected chi connectivity index (χ4v) is 5.16. The number of aliphatic carboxylic acids is 1. The van der Waals surface area contributed by atoms with Crippen LogP contribution in [-0.4, -0.2) is 28.6 Å². The molecule has 0 aliphatic rings. The first-order valence-electron chi connectivity index (χ1n) is 13.2. The summed E-state index contributed by atoms with van der Waals surface area (Å²) in [5, 5.41) is 18.5. The number of ketones is 1. The highest BCUT2D eigenvalue weighted by atomic mass is 16.4. The first-order valence-corrected chi connectivity index (χ1v) is 13.2. The lowest BCUT2D eigenvalue weighted by Crippen LogP contribution is -2.23. The number of aliphatic hydroxyl groups is 1. The van der Waals surface area contributed by atoms with Crippen LogP contribution in [0.4, 0.5) is 0 Å². The monoisotopic (exact) mass is 480 g/mol. The number of hydrogen-bond acceptors (Lipinski definition) is 3. The highest BCUT2D eigenvalue weighted by Crippen LogP contribution is 2.35. The Morgan fingerprint density at radius 1 is 0.629 bits per heavy atom. The molecule has 2 N–H and O–H groups in total. The minimum Gasteiger partial charge on any atom is -0.481 e. The molecule has 0 aliphatic heterocycles. The molecule has 0 heterocycles. The summed E-state index contributed by atoms with van der Waals surface area (Å²) in [4.78, 5) is 23.7. The highest BCUT2D eigenvalue weighted by Gasteiger charge is 2.27. The quantitative estimate of drug-likeness (QED) is 0.221. The van der Waals surface area contributed by atoms with Crippen LogP contribution in [0.25, 0.3) is 0 Å². The lowest BCUT2D eigenvalue weighted by atomic mass is 9.74. The number of carboxylic acid groups (broad SMARTS) is 1. The number of carboxylic acids is 1. The van der Waals surface area contributed by atoms with Gasteiger partial charge in [0, 0.05) is 25.9 Å². The first-order chi connectivity index (χ1) is 16.8. The summed E-state index contributed by atoms with van der Waals surface area (Å²) >= 11 is 0. The molecule has 2 unspecified atom stereocenters. The minimum atomic E-state index is -0.762. The van der Waals surface area contributed by atoms with Crippen LogP contribution in [0.1, 0.15) is 102 Å². The van der Waals surface area contributed by atoms with E-state index in [0.717, 1.165) is 51.4 Å². The van der Waals surface area contributed by atoms with Crippen molar-refractivity contribution in [3.8, 4) is 0 Å². The number of benzene rings is 2. The molecule has 35 heavy (non-hydrogen) atoms. The van der Waals surface area contributed by atoms with Gasteiger partial charge in [-0.1, -0.05) is 87.4 Å². The van der Waals surface area contributed by atoms with E-state index in [1.165, 1.54) is 11.1 Å². The Bertz CT molecular complexity index is 879. The fourth-order valence-electron chi connectivity index (χ4n) is 5.16. The van der Waals surface area contributed by atoms with E-state index in [4.69, 9.17) is 0 Å². The number of Topliss-reactive ketones (excluding diaryl/α,β-unsaturated/α-hetero) is 1. The molecule has 4 heteroatoms. The molecule has 0 saturated carbocycles. The average molecular weight is 481 g/mol. The Hall–Kier alpha value is -2.46. The van der Waals surface area contributed by atoms with Crippen LogP contribution in [0.3, 0.4) is 0 Å². The van der Waals surface area contributed by atoms with Gasteiger partial charge in [0.15, 0.2) is 0 Å². The third-order valence-corrected chi connectivity index (χ3v) is 7.59. The van der Waals surface area contributed by atoms with Crippen LogP contribution in [0.15, 0.2) is 60.7 Å². The van der Waals surface area contributed by atoms with Gasteiger partial charge in [0.2, 0.25) is 0 Å². The maximum atomic E-state index is 12.5. The summed E-state index contributed by atoms with van der Waals surface area (Å²) in [6.45, 7) is 4.63. The van der Waals surface area contributed by atoms with Crippen LogP contribution in [0, 0.1) is 0 Å². The van der Waals surface area contributed by atoms with Gasteiger partial charge in [-0.2, -0.15) is 0 Å². The maximum absolute atomic E-state index is 12.5. The van der Waals surface area contributed by atoms with E-state index < -0.39 is 5.97 Å². The maximum Gasteiger partial charge on any atom is 0.303 e. The molecule has 2 aromatic carbocycles. The summed E-state index contributed by atoms with van der Waals surface area (Å²) < 4.78 is 0. The van der Waals surface area contributed by atoms with Crippen molar-refractivity contribution in [1.82, 2.24) is 0 Å². The van der Waals surface area contributed by atoms with Crippen LogP contribution >= 0.6 is 0 Å². The third kappa shape index (κ3) is 9.97. The molecule has 0 saturated heterocycles. The molecule has 2 rings (SSSR count). The van der Waals surface area contributed by atoms with Crippen molar-refractivity contribution in [2.45, 2.75) is 102 Å². The van der Waals surface area contributed by atoms with Crippen LogP contribution in [0.2, 0.25) is 0 Å². The molecule has 0 aromatic heterocycles. The van der Waals surface area contributed by atoms with Gasteiger partial charge in [0.1, 0.15) is 5.78 Å². The molecule has 2 atom stereocenters. The molecule has 0 fully saturated rings. The molecule has 0 radical (unpaired) electrons. The summed E-state index contributed by atoms with van der Waals surface area (Å²) in [5.41, 5.74) is 2.34. The first kappa shape index (κ1) is 28.8. The van der Waals surface area contributed by atoms with E-state index in [-0.39, 0.29) is 23.9 Å². The largest absolute Gasteiger partial charge is 0.481 e. The van der Waals surface area contributed by atoms with Gasteiger partial charge in [-0.05, 0) is 66.9 Å². The van der Waals surface area contributed by atoms with Crippen LogP contribution in [-0.2, 0) is 20.4 Å². The summed E-state index contributed by atoms with van der Waals surface area (Å²) in [6.07, 6.45) is 9.32. The lowest BCUT2D eigenvalue weighted by Gasteiger charge is -2.30. The average Bonchev–Trinajstić information content (AvgIpc) is 2.88. The van der Waals surface area contributed by atoms with E-state index in [1.54, 1.807) is 0 Å². The van der Waals surface area contributed by atoms with E-state index in [0.29, 0.717) is 25.0 Å². The SMILES string of the molecule is CC(CCCO)(CCCCC(=O)CCCCC(C)(CCC(=O)O)c1ccccc1)c1ccccc1. The molecule has 0 spiro atoms. The Kier molecular flexibility index (Phi) is 12.2. The zero-order valence-electron chi connectivity index (χ0n) is 21.7. The van der Waals surface area contributed by atoms with Gasteiger partial charge < -0.3 is 10.2 Å². The molecule has 0 aliphatic carbocycles. The zero-order valence-corrected chi connectivity index (χ0v) is 21.7. The van der Waals surface area contributed by atoms with E-state index in [9.17, 15) is 19.8 Å². The topological polar surface area (TPSA) is 74.6 Å². The number of aliphatic hydroxyl groups excluding tert-OH is 1. The van der Waals surface area contributed by atoms with Crippen molar-refractivity contribution in [3.05, 3.63) is 71.8 Å². The highest BCUT2D eigenvalue weighted by molar-refractivity contribution is 5.78. The zero-order chi connectivity index (χ0) is 25.6. The number of hydrogen-bond donors (Lipinski definition) is 2. The number of rotatable bonds is 18. The van der Waals surface area contributed by atoms with Crippen molar-refractivity contribution in [1.29, 1.82) is 0 Å². The van der Waals surface area contributed by atoms with Crippen molar-refractivity contribution in [2.75, 3.05) is 6.61 Å². The Morgan fingerprint density at radius 3 is 1.49 bits per heavy atom. The third-order valence-electron chi connectivity index (χ3n) is 7.59. The van der Waals surface area contributed by atoms with Crippen molar-refractivity contribution in [2.24, 2.45) is 0 Å². The molecule has 0 bridgehead atoms. The smallest absolute Gasteiger partial charge is 0.303 e. The second kappa shape index (κ2) is 14.8. The summed E-state index contributed by atoms with van der Waals surface area (Å²) in [6, 6.07) is 20.7. The molecule has 2 aromatic rings. The molecular weight excluding hydrogens is 436 g/mol. The molecule has 192 valence electrons. The number of unbranched alkanes of at least 4 members (excludes halogenated alkanes) is 2. The predicted octanol–water partition coefficient (Wildman–Crippen LogP) is 7.23. The molecule has 4 nitrogen and oxygen atoms in total. The van der Waals surface area contributed by atoms with Gasteiger partial charge in [0.25, 0.3) is 0 Å². The Morgan fingerprint density at radius 2 is 1.06 bits per heavy atom. The standard InChI is InChI=1S/C31H44O4/c1-30(23-13-25-32,26-14-5-3-6-15-26)21-11-9-18-28(33)19-10-12-22-31(2,24-20-29(34)35)27-16-7-4-8-17-27/h3-8,14-17,32H,9-13,18-25H2,1-2H3,(H,34,35). The predicted molar refractivity (Wildman–Crippen MR) is 143 cm³/mol. The van der Waals surface area contributed by atoms with E-state index in [2.05, 4.69) is 50.2 Å². The van der Waals surface area contributed by atoms with Gasteiger partial charge in [-0.3, -0.25) is 9.59 Å². The van der Waals surface area contributed by atoms with E-state index >= 15 is 0 Å². The van der Waals surface area contributed by atoms with Crippen molar-refractivity contribution in [3.63, 3.8) is 0 Å². The van der Waals surface area contributed by atoms with Crippen molar-refractivity contribution < 1.29 is 19.8 Å². The van der Waals surface area contributed by atoms with Crippen molar-refractivity contribution >= 4 is 11.8 Å². The number of carbonyl (C=O) groups excluding carboxylic acids is 1. The summed E-state index contributed by atoms with van der Waals surface area (Å²) in [7, 11) is 0. The molecule has 0 amide bonds. The second-order valence-corrected chi connectivity index (χ2v) is 10.5.